The molecule has 1 aliphatic heterocycles. The predicted octanol–water partition coefficient (Wildman–Crippen LogP) is 4.61. The van der Waals surface area contributed by atoms with Gasteiger partial charge in [0.05, 0.1) is 27.1 Å². The van der Waals surface area contributed by atoms with Crippen LogP contribution in [0.4, 0.5) is 0 Å². The summed E-state index contributed by atoms with van der Waals surface area (Å²) in [6.07, 6.45) is 3.70. The third kappa shape index (κ3) is 8.45. The van der Waals surface area contributed by atoms with Crippen LogP contribution in [0.15, 0.2) is 53.9 Å². The van der Waals surface area contributed by atoms with Crippen LogP contribution in [0.2, 0.25) is 10.0 Å². The number of halogens is 2. The number of rotatable bonds is 11. The van der Waals surface area contributed by atoms with E-state index >= 15 is 0 Å². The Bertz CT molecular complexity index is 1440. The van der Waals surface area contributed by atoms with Gasteiger partial charge >= 0.3 is 5.97 Å². The van der Waals surface area contributed by atoms with E-state index < -0.39 is 30.1 Å². The van der Waals surface area contributed by atoms with Crippen molar-refractivity contribution in [3.63, 3.8) is 0 Å². The Morgan fingerprint density at radius 3 is 2.54 bits per heavy atom. The zero-order valence-electron chi connectivity index (χ0n) is 22.0. The third-order valence-electron chi connectivity index (χ3n) is 6.66. The summed E-state index contributed by atoms with van der Waals surface area (Å²) in [6.45, 7) is 0.446. The van der Waals surface area contributed by atoms with Crippen LogP contribution in [0.5, 0.6) is 5.75 Å². The lowest BCUT2D eigenvalue weighted by molar-refractivity contribution is -0.141. The number of carboxylic acid groups (broad SMARTS) is 1. The molecule has 41 heavy (non-hydrogen) atoms. The number of amides is 3. The Balaban J connectivity index is 1.24. The SMILES string of the molecule is O=C(O)CC(CNC(=O)COc1ccccc1)C(=O)NC1CCN(C(=O)/C=C/c2cc3ccsc3c(Cl)c2Cl)CC1. The number of thiophene rings is 1. The molecule has 3 amide bonds. The second-order valence-electron chi connectivity index (χ2n) is 9.57. The zero-order valence-corrected chi connectivity index (χ0v) is 24.3. The van der Waals surface area contributed by atoms with Crippen molar-refractivity contribution in [2.45, 2.75) is 25.3 Å². The number of hydrogen-bond donors (Lipinski definition) is 3. The average molecular weight is 619 g/mol. The van der Waals surface area contributed by atoms with Crippen molar-refractivity contribution in [2.24, 2.45) is 5.92 Å². The molecule has 2 aromatic carbocycles. The van der Waals surface area contributed by atoms with Crippen LogP contribution in [0, 0.1) is 5.92 Å². The van der Waals surface area contributed by atoms with Crippen molar-refractivity contribution in [2.75, 3.05) is 26.2 Å². The number of likely N-dealkylation sites (tertiary alicyclic amines) is 1. The first-order valence-electron chi connectivity index (χ1n) is 13.0. The molecule has 0 aliphatic carbocycles. The van der Waals surface area contributed by atoms with E-state index in [2.05, 4.69) is 10.6 Å². The third-order valence-corrected chi connectivity index (χ3v) is 8.60. The normalized spacial score (nSPS) is 14.6. The van der Waals surface area contributed by atoms with Crippen LogP contribution >= 0.6 is 34.5 Å². The molecule has 3 N–H and O–H groups in total. The van der Waals surface area contributed by atoms with Crippen LogP contribution < -0.4 is 15.4 Å². The van der Waals surface area contributed by atoms with Gasteiger partial charge in [-0.2, -0.15) is 0 Å². The van der Waals surface area contributed by atoms with Gasteiger partial charge in [-0.15, -0.1) is 11.3 Å². The first-order valence-corrected chi connectivity index (χ1v) is 14.6. The fourth-order valence-electron chi connectivity index (χ4n) is 4.44. The van der Waals surface area contributed by atoms with Crippen molar-refractivity contribution in [1.29, 1.82) is 0 Å². The summed E-state index contributed by atoms with van der Waals surface area (Å²) >= 11 is 14.3. The number of carboxylic acids is 1. The minimum Gasteiger partial charge on any atom is -0.484 e. The quantitative estimate of drug-likeness (QED) is 0.270. The highest BCUT2D eigenvalue weighted by Gasteiger charge is 2.28. The van der Waals surface area contributed by atoms with Crippen molar-refractivity contribution in [1.82, 2.24) is 15.5 Å². The maximum Gasteiger partial charge on any atom is 0.304 e. The predicted molar refractivity (Wildman–Crippen MR) is 159 cm³/mol. The lowest BCUT2D eigenvalue weighted by Gasteiger charge is -2.32. The maximum atomic E-state index is 12.9. The molecule has 0 bridgehead atoms. The van der Waals surface area contributed by atoms with E-state index in [4.69, 9.17) is 27.9 Å². The standard InChI is InChI=1S/C29H29Cl2N3O6S/c30-26-18(14-19-10-13-41-28(19)27(26)31)6-7-24(36)34-11-8-21(9-12-34)33-29(39)20(15-25(37)38)16-32-23(35)17-40-22-4-2-1-3-5-22/h1-7,10,13-14,20-21H,8-9,11-12,15-17H2,(H,32,35)(H,33,39)(H,37,38)/b7-6+. The molecule has 0 spiro atoms. The molecule has 2 heterocycles. The summed E-state index contributed by atoms with van der Waals surface area (Å²) in [5.41, 5.74) is 0.654. The molecule has 12 heteroatoms. The van der Waals surface area contributed by atoms with Crippen LogP contribution in [0.3, 0.4) is 0 Å². The second kappa shape index (κ2) is 14.3. The van der Waals surface area contributed by atoms with E-state index in [9.17, 15) is 24.3 Å². The highest BCUT2D eigenvalue weighted by Crippen LogP contribution is 2.37. The maximum absolute atomic E-state index is 12.9. The zero-order chi connectivity index (χ0) is 29.4. The van der Waals surface area contributed by atoms with Crippen molar-refractivity contribution >= 4 is 74.4 Å². The summed E-state index contributed by atoms with van der Waals surface area (Å²) in [7, 11) is 0. The van der Waals surface area contributed by atoms with E-state index in [0.717, 1.165) is 10.1 Å². The largest absolute Gasteiger partial charge is 0.484 e. The molecule has 1 unspecified atom stereocenters. The number of carbonyl (C=O) groups is 4. The fourth-order valence-corrected chi connectivity index (χ4v) is 5.88. The lowest BCUT2D eigenvalue weighted by Crippen LogP contribution is -2.49. The Morgan fingerprint density at radius 1 is 1.10 bits per heavy atom. The molecule has 1 saturated heterocycles. The van der Waals surface area contributed by atoms with Gasteiger partial charge < -0.3 is 25.4 Å². The number of nitrogens with one attached hydrogen (secondary N) is 2. The molecule has 1 aliphatic rings. The average Bonchev–Trinajstić information content (AvgIpc) is 3.44. The molecular weight excluding hydrogens is 589 g/mol. The Morgan fingerprint density at radius 2 is 1.83 bits per heavy atom. The number of hydrogen-bond acceptors (Lipinski definition) is 6. The number of para-hydroxylation sites is 1. The molecular formula is C29H29Cl2N3O6S. The van der Waals surface area contributed by atoms with Crippen LogP contribution in [-0.2, 0) is 19.2 Å². The van der Waals surface area contributed by atoms with Gasteiger partial charge in [-0.25, -0.2) is 0 Å². The lowest BCUT2D eigenvalue weighted by atomic mass is 10.0. The monoisotopic (exact) mass is 617 g/mol. The van der Waals surface area contributed by atoms with Gasteiger partial charge in [-0.3, -0.25) is 19.2 Å². The van der Waals surface area contributed by atoms with E-state index in [1.54, 1.807) is 35.2 Å². The summed E-state index contributed by atoms with van der Waals surface area (Å²) in [5.74, 6) is -2.68. The highest BCUT2D eigenvalue weighted by molar-refractivity contribution is 7.18. The summed E-state index contributed by atoms with van der Waals surface area (Å²) in [4.78, 5) is 50.9. The van der Waals surface area contributed by atoms with Gasteiger partial charge in [0.25, 0.3) is 5.91 Å². The Labute approximate surface area is 251 Å². The summed E-state index contributed by atoms with van der Waals surface area (Å²) < 4.78 is 6.28. The highest BCUT2D eigenvalue weighted by atomic mass is 35.5. The van der Waals surface area contributed by atoms with Crippen LogP contribution in [-0.4, -0.2) is 66.0 Å². The topological polar surface area (TPSA) is 125 Å². The summed E-state index contributed by atoms with van der Waals surface area (Å²) in [5, 5.41) is 18.5. The van der Waals surface area contributed by atoms with Crippen molar-refractivity contribution in [3.8, 4) is 5.75 Å². The van der Waals surface area contributed by atoms with Crippen LogP contribution in [0.25, 0.3) is 16.2 Å². The minimum atomic E-state index is -1.15. The molecule has 9 nitrogen and oxygen atoms in total. The van der Waals surface area contributed by atoms with E-state index in [-0.39, 0.29) is 25.1 Å². The Hall–Kier alpha value is -3.60. The first kappa shape index (κ1) is 30.4. The number of ether oxygens (including phenoxy) is 1. The molecule has 1 aromatic heterocycles. The summed E-state index contributed by atoms with van der Waals surface area (Å²) in [6, 6.07) is 12.4. The first-order chi connectivity index (χ1) is 19.7. The number of nitrogens with zero attached hydrogens (tertiary/aromatic N) is 1. The number of carbonyl (C=O) groups excluding carboxylic acids is 3. The minimum absolute atomic E-state index is 0.138. The molecule has 3 aromatic rings. The van der Waals surface area contributed by atoms with Gasteiger partial charge in [-0.1, -0.05) is 41.4 Å². The van der Waals surface area contributed by atoms with Gasteiger partial charge in [0.1, 0.15) is 5.75 Å². The van der Waals surface area contributed by atoms with Gasteiger partial charge in [-0.05, 0) is 59.5 Å². The number of benzene rings is 2. The van der Waals surface area contributed by atoms with E-state index in [0.29, 0.717) is 47.3 Å². The molecule has 216 valence electrons. The van der Waals surface area contributed by atoms with Crippen LogP contribution in [0.1, 0.15) is 24.8 Å². The molecule has 1 fully saturated rings. The van der Waals surface area contributed by atoms with E-state index in [1.807, 2.05) is 23.6 Å². The molecule has 4 rings (SSSR count). The number of fused-ring (bicyclic) bond motifs is 1. The van der Waals surface area contributed by atoms with Gasteiger partial charge in [0.2, 0.25) is 11.8 Å². The van der Waals surface area contributed by atoms with Crippen molar-refractivity contribution < 1.29 is 29.0 Å². The fraction of sp³-hybridized carbons (Fsp3) is 0.310. The number of piperidine rings is 1. The number of aliphatic carboxylic acids is 1. The smallest absolute Gasteiger partial charge is 0.304 e. The van der Waals surface area contributed by atoms with Gasteiger partial charge in [0, 0.05) is 31.8 Å². The molecule has 1 atom stereocenters. The molecule has 0 radical (unpaired) electrons. The van der Waals surface area contributed by atoms with Crippen molar-refractivity contribution in [3.05, 3.63) is 69.5 Å². The van der Waals surface area contributed by atoms with E-state index in [1.165, 1.54) is 17.4 Å². The second-order valence-corrected chi connectivity index (χ2v) is 11.2. The Kier molecular flexibility index (Phi) is 10.6. The molecule has 0 saturated carbocycles. The van der Waals surface area contributed by atoms with Gasteiger partial charge in [0.15, 0.2) is 6.61 Å².